The van der Waals surface area contributed by atoms with E-state index < -0.39 is 0 Å². The molecule has 0 amide bonds. The number of pyridine rings is 2. The molecule has 314 valence electrons. The third kappa shape index (κ3) is 6.30. The van der Waals surface area contributed by atoms with Gasteiger partial charge in [0.1, 0.15) is 34.6 Å². The van der Waals surface area contributed by atoms with Gasteiger partial charge in [0.15, 0.2) is 0 Å². The average molecular weight is 846 g/mol. The fraction of sp³-hybridized carbons (Fsp3) is 0.107. The Morgan fingerprint density at radius 1 is 0.354 bits per heavy atom. The van der Waals surface area contributed by atoms with Crippen LogP contribution in [0.1, 0.15) is 50.7 Å². The summed E-state index contributed by atoms with van der Waals surface area (Å²) in [5, 5.41) is 6.76. The van der Waals surface area contributed by atoms with E-state index in [2.05, 4.69) is 151 Å². The molecule has 9 heteroatoms. The SMILES string of the molecule is CC(C)c1cc2c3cc(C(C)C)c(Oc4ccc5c6ccccc6n(-c6ccccn6)c5c4)cc3n(-c3ncccn3)c2cc1Oc1ccc2c3ccccc3n(-c3ccccn3)c2c1. The maximum atomic E-state index is 7.00. The Labute approximate surface area is 374 Å². The number of hydrogen-bond acceptors (Lipinski definition) is 6. The molecule has 0 aliphatic rings. The van der Waals surface area contributed by atoms with E-state index >= 15 is 0 Å². The molecule has 6 heterocycles. The van der Waals surface area contributed by atoms with E-state index in [9.17, 15) is 0 Å². The lowest BCUT2D eigenvalue weighted by molar-refractivity contribution is 0.474. The number of fused-ring (bicyclic) bond motifs is 9. The molecule has 0 saturated carbocycles. The minimum Gasteiger partial charge on any atom is -0.457 e. The summed E-state index contributed by atoms with van der Waals surface area (Å²) in [7, 11) is 0. The summed E-state index contributed by atoms with van der Waals surface area (Å²) in [6, 6.07) is 52.3. The number of rotatable bonds is 9. The Balaban J connectivity index is 1.03. The molecule has 6 aromatic carbocycles. The van der Waals surface area contributed by atoms with Gasteiger partial charge in [0.05, 0.1) is 33.1 Å². The van der Waals surface area contributed by atoms with Crippen LogP contribution in [0.3, 0.4) is 0 Å². The monoisotopic (exact) mass is 845 g/mol. The normalized spacial score (nSPS) is 12.0. The van der Waals surface area contributed by atoms with Crippen LogP contribution in [0, 0.1) is 0 Å². The van der Waals surface area contributed by atoms with Gasteiger partial charge < -0.3 is 9.47 Å². The van der Waals surface area contributed by atoms with Crippen LogP contribution in [0.4, 0.5) is 0 Å². The Bertz CT molecular complexity index is 3550. The molecule has 0 fully saturated rings. The molecule has 0 aliphatic heterocycles. The summed E-state index contributed by atoms with van der Waals surface area (Å²) in [4.78, 5) is 19.1. The first-order valence-corrected chi connectivity index (χ1v) is 22.1. The molecule has 9 nitrogen and oxygen atoms in total. The van der Waals surface area contributed by atoms with Gasteiger partial charge in [0.2, 0.25) is 5.95 Å². The highest BCUT2D eigenvalue weighted by Gasteiger charge is 2.24. The van der Waals surface area contributed by atoms with Crippen LogP contribution in [-0.2, 0) is 0 Å². The van der Waals surface area contributed by atoms with E-state index in [1.165, 1.54) is 0 Å². The van der Waals surface area contributed by atoms with Crippen molar-refractivity contribution in [1.82, 2.24) is 33.6 Å². The molecule has 0 bridgehead atoms. The molecule has 0 aliphatic carbocycles. The second kappa shape index (κ2) is 15.2. The summed E-state index contributed by atoms with van der Waals surface area (Å²) in [6.45, 7) is 8.85. The Morgan fingerprint density at radius 2 is 0.769 bits per heavy atom. The highest BCUT2D eigenvalue weighted by molar-refractivity contribution is 6.12. The van der Waals surface area contributed by atoms with Gasteiger partial charge in [-0.2, -0.15) is 0 Å². The fourth-order valence-corrected chi connectivity index (χ4v) is 9.55. The van der Waals surface area contributed by atoms with E-state index in [-0.39, 0.29) is 11.8 Å². The largest absolute Gasteiger partial charge is 0.457 e. The zero-order valence-electron chi connectivity index (χ0n) is 36.3. The van der Waals surface area contributed by atoms with Gasteiger partial charge in [-0.3, -0.25) is 13.7 Å². The fourth-order valence-electron chi connectivity index (χ4n) is 9.55. The van der Waals surface area contributed by atoms with Crippen LogP contribution >= 0.6 is 0 Å². The Hall–Kier alpha value is -8.30. The molecule has 0 unspecified atom stereocenters. The lowest BCUT2D eigenvalue weighted by atomic mass is 9.96. The van der Waals surface area contributed by atoms with Crippen molar-refractivity contribution in [3.05, 3.63) is 188 Å². The van der Waals surface area contributed by atoms with Crippen molar-refractivity contribution in [1.29, 1.82) is 0 Å². The van der Waals surface area contributed by atoms with Crippen molar-refractivity contribution < 1.29 is 9.47 Å². The first kappa shape index (κ1) is 38.4. The number of benzene rings is 6. The summed E-state index contributed by atoms with van der Waals surface area (Å²) in [5.41, 5.74) is 8.28. The topological polar surface area (TPSA) is 84.8 Å². The number of para-hydroxylation sites is 2. The standard InChI is InChI=1S/C56H43N7O2/c1-34(2)42-30-44-45-31-43(35(3)4)53(65-37-21-23-41-39-15-6-8-17-47(39)62(49(41)29-37)55-19-10-12-25-58-55)33-51(45)63(56-59-26-13-27-60-56)50(44)32-52(42)64-36-20-22-40-38-14-5-7-16-46(38)61(48(40)28-36)54-18-9-11-24-57-54/h5-35H,1-4H3. The van der Waals surface area contributed by atoms with E-state index in [1.807, 2.05) is 54.9 Å². The predicted octanol–water partition coefficient (Wildman–Crippen LogP) is 14.4. The third-order valence-electron chi connectivity index (χ3n) is 12.5. The van der Waals surface area contributed by atoms with Crippen LogP contribution in [0.2, 0.25) is 0 Å². The van der Waals surface area contributed by atoms with E-state index in [0.717, 1.165) is 111 Å². The van der Waals surface area contributed by atoms with Gasteiger partial charge >= 0.3 is 0 Å². The first-order chi connectivity index (χ1) is 31.9. The molecular weight excluding hydrogens is 803 g/mol. The number of ether oxygens (including phenoxy) is 2. The summed E-state index contributed by atoms with van der Waals surface area (Å²) in [5.74, 6) is 5.58. The second-order valence-corrected chi connectivity index (χ2v) is 17.2. The predicted molar refractivity (Wildman–Crippen MR) is 262 cm³/mol. The van der Waals surface area contributed by atoms with Crippen molar-refractivity contribution in [2.24, 2.45) is 0 Å². The van der Waals surface area contributed by atoms with Gasteiger partial charge in [-0.05, 0) is 102 Å². The van der Waals surface area contributed by atoms with Gasteiger partial charge in [-0.1, -0.05) is 76.2 Å². The molecule has 0 N–H and O–H groups in total. The molecule has 0 spiro atoms. The summed E-state index contributed by atoms with van der Waals surface area (Å²) >= 11 is 0. The van der Waals surface area contributed by atoms with E-state index in [4.69, 9.17) is 29.4 Å². The molecule has 12 aromatic rings. The van der Waals surface area contributed by atoms with Crippen LogP contribution in [-0.4, -0.2) is 33.6 Å². The van der Waals surface area contributed by atoms with Gasteiger partial charge in [0.25, 0.3) is 0 Å². The lowest BCUT2D eigenvalue weighted by Gasteiger charge is -2.16. The van der Waals surface area contributed by atoms with E-state index in [1.54, 1.807) is 12.4 Å². The van der Waals surface area contributed by atoms with Crippen LogP contribution in [0.5, 0.6) is 23.0 Å². The zero-order chi connectivity index (χ0) is 43.8. The van der Waals surface area contributed by atoms with Crippen molar-refractivity contribution >= 4 is 65.4 Å². The summed E-state index contributed by atoms with van der Waals surface area (Å²) < 4.78 is 20.6. The third-order valence-corrected chi connectivity index (χ3v) is 12.5. The van der Waals surface area contributed by atoms with Gasteiger partial charge in [0, 0.05) is 81.4 Å². The summed E-state index contributed by atoms with van der Waals surface area (Å²) in [6.07, 6.45) is 7.23. The number of hydrogen-bond donors (Lipinski definition) is 0. The maximum Gasteiger partial charge on any atom is 0.234 e. The molecule has 65 heavy (non-hydrogen) atoms. The number of nitrogens with zero attached hydrogens (tertiary/aromatic N) is 7. The van der Waals surface area contributed by atoms with Crippen LogP contribution in [0.25, 0.3) is 83.0 Å². The van der Waals surface area contributed by atoms with Crippen molar-refractivity contribution in [3.8, 4) is 40.6 Å². The molecule has 0 atom stereocenters. The van der Waals surface area contributed by atoms with Crippen molar-refractivity contribution in [3.63, 3.8) is 0 Å². The van der Waals surface area contributed by atoms with Crippen LogP contribution < -0.4 is 9.47 Å². The zero-order valence-corrected chi connectivity index (χ0v) is 36.3. The minimum atomic E-state index is 0.160. The molecule has 6 aromatic heterocycles. The maximum absolute atomic E-state index is 7.00. The highest BCUT2D eigenvalue weighted by Crippen LogP contribution is 2.45. The average Bonchev–Trinajstić information content (AvgIpc) is 3.96. The van der Waals surface area contributed by atoms with Gasteiger partial charge in [-0.25, -0.2) is 19.9 Å². The molecule has 12 rings (SSSR count). The van der Waals surface area contributed by atoms with Crippen molar-refractivity contribution in [2.75, 3.05) is 0 Å². The van der Waals surface area contributed by atoms with Crippen LogP contribution in [0.15, 0.2) is 176 Å². The molecule has 0 radical (unpaired) electrons. The quantitative estimate of drug-likeness (QED) is 0.144. The van der Waals surface area contributed by atoms with E-state index in [0.29, 0.717) is 5.95 Å². The highest BCUT2D eigenvalue weighted by atomic mass is 16.5. The first-order valence-electron chi connectivity index (χ1n) is 22.1. The molecular formula is C56H43N7O2. The lowest BCUT2D eigenvalue weighted by Crippen LogP contribution is -2.02. The van der Waals surface area contributed by atoms with Crippen molar-refractivity contribution in [2.45, 2.75) is 39.5 Å². The Kier molecular flexibility index (Phi) is 8.98. The molecule has 0 saturated heterocycles. The smallest absolute Gasteiger partial charge is 0.234 e. The minimum absolute atomic E-state index is 0.160. The Morgan fingerprint density at radius 3 is 1.22 bits per heavy atom. The van der Waals surface area contributed by atoms with Gasteiger partial charge in [-0.15, -0.1) is 0 Å². The second-order valence-electron chi connectivity index (χ2n) is 17.2. The number of aromatic nitrogens is 7.